The molecule has 0 unspecified atom stereocenters. The summed E-state index contributed by atoms with van der Waals surface area (Å²) in [6.45, 7) is 14.9. The molecule has 3 rings (SSSR count). The first kappa shape index (κ1) is 19.3. The van der Waals surface area contributed by atoms with Gasteiger partial charge in [0, 0.05) is 0 Å². The minimum atomic E-state index is -1.47. The second kappa shape index (κ2) is 7.27. The van der Waals surface area contributed by atoms with Gasteiger partial charge in [-0.15, -0.1) is 0 Å². The molecule has 0 amide bonds. The molecule has 0 radical (unpaired) electrons. The van der Waals surface area contributed by atoms with E-state index < -0.39 is 16.1 Å². The van der Waals surface area contributed by atoms with Crippen molar-refractivity contribution in [2.45, 2.75) is 39.3 Å². The summed E-state index contributed by atoms with van der Waals surface area (Å²) in [4.78, 5) is 3.34. The molecule has 0 aliphatic heterocycles. The monoisotopic (exact) mass is 392 g/mol. The van der Waals surface area contributed by atoms with Gasteiger partial charge in [0.15, 0.2) is 0 Å². The predicted molar refractivity (Wildman–Crippen MR) is 126 cm³/mol. The maximum atomic E-state index is 2.52. The Bertz CT molecular complexity index is 889. The molecule has 2 aromatic carbocycles. The molecule has 134 valence electrons. The average Bonchev–Trinajstić information content (AvgIpc) is 2.60. The summed E-state index contributed by atoms with van der Waals surface area (Å²) in [5.74, 6) is 0. The Kier molecular flexibility index (Phi) is 5.39. The van der Waals surface area contributed by atoms with Crippen LogP contribution in [-0.2, 0) is 0 Å². The van der Waals surface area contributed by atoms with Crippen molar-refractivity contribution in [2.24, 2.45) is 0 Å². The first-order chi connectivity index (χ1) is 12.2. The standard InChI is InChI=1S/C23H29PSi2/c1-25(2,3)21-17-20(18-13-9-7-10-14-18)22(19-15-11-8-12-16-19)23(24-21)26(4,5)6/h7-17H,1-6H3. The summed E-state index contributed by atoms with van der Waals surface area (Å²) >= 11 is 0. The topological polar surface area (TPSA) is 0 Å². The minimum absolute atomic E-state index is 1.34. The largest absolute Gasteiger partial charge is 0.0843 e. The lowest BCUT2D eigenvalue weighted by Crippen LogP contribution is -2.42. The molecule has 0 nitrogen and oxygen atoms in total. The average molecular weight is 393 g/mol. The highest BCUT2D eigenvalue weighted by molar-refractivity contribution is 7.49. The summed E-state index contributed by atoms with van der Waals surface area (Å²) in [6, 6.07) is 24.5. The lowest BCUT2D eigenvalue weighted by molar-refractivity contribution is 1.62. The van der Waals surface area contributed by atoms with Gasteiger partial charge in [0.2, 0.25) is 0 Å². The highest BCUT2D eigenvalue weighted by Gasteiger charge is 2.28. The highest BCUT2D eigenvalue weighted by atomic mass is 31.0. The molecule has 0 saturated heterocycles. The van der Waals surface area contributed by atoms with Crippen LogP contribution in [-0.4, -0.2) is 16.1 Å². The smallest absolute Gasteiger partial charge is 0.0778 e. The van der Waals surface area contributed by atoms with Crippen molar-refractivity contribution in [2.75, 3.05) is 0 Å². The number of rotatable bonds is 4. The lowest BCUT2D eigenvalue weighted by Gasteiger charge is -2.28. The summed E-state index contributed by atoms with van der Waals surface area (Å²) in [6.07, 6.45) is 0. The van der Waals surface area contributed by atoms with Crippen LogP contribution in [0, 0.1) is 0 Å². The van der Waals surface area contributed by atoms with Crippen LogP contribution in [0.3, 0.4) is 0 Å². The molecule has 0 aliphatic rings. The van der Waals surface area contributed by atoms with Crippen molar-refractivity contribution < 1.29 is 0 Å². The van der Waals surface area contributed by atoms with E-state index in [-0.39, 0.29) is 0 Å². The summed E-state index contributed by atoms with van der Waals surface area (Å²) in [5, 5.41) is 0. The molecule has 1 heterocycles. The van der Waals surface area contributed by atoms with Crippen LogP contribution < -0.4 is 9.84 Å². The SMILES string of the molecule is C[Si](C)(C)c1cc(-c2ccccc2)c(-c2ccccc2)c([Si](C)(C)C)p1. The van der Waals surface area contributed by atoms with E-state index in [4.69, 9.17) is 0 Å². The van der Waals surface area contributed by atoms with Crippen LogP contribution in [0.5, 0.6) is 0 Å². The fraction of sp³-hybridized carbons (Fsp3) is 0.261. The molecule has 0 N–H and O–H groups in total. The van der Waals surface area contributed by atoms with Crippen LogP contribution >= 0.6 is 8.19 Å². The van der Waals surface area contributed by atoms with Crippen LogP contribution in [0.25, 0.3) is 22.3 Å². The second-order valence-corrected chi connectivity index (χ2v) is 21.0. The first-order valence-corrected chi connectivity index (χ1v) is 17.2. The predicted octanol–water partition coefficient (Wildman–Crippen LogP) is 6.69. The minimum Gasteiger partial charge on any atom is -0.0778 e. The Morgan fingerprint density at radius 2 is 1.12 bits per heavy atom. The Hall–Kier alpha value is -1.48. The molecule has 0 aliphatic carbocycles. The van der Waals surface area contributed by atoms with Gasteiger partial charge in [-0.25, -0.2) is 0 Å². The molecular weight excluding hydrogens is 363 g/mol. The zero-order valence-electron chi connectivity index (χ0n) is 16.8. The molecular formula is C23H29PSi2. The van der Waals surface area contributed by atoms with E-state index in [1.807, 2.05) is 0 Å². The van der Waals surface area contributed by atoms with E-state index in [9.17, 15) is 0 Å². The Balaban J connectivity index is 2.43. The van der Waals surface area contributed by atoms with E-state index >= 15 is 0 Å². The molecule has 26 heavy (non-hydrogen) atoms. The van der Waals surface area contributed by atoms with E-state index in [2.05, 4.69) is 106 Å². The van der Waals surface area contributed by atoms with Crippen LogP contribution in [0.2, 0.25) is 39.3 Å². The summed E-state index contributed by atoms with van der Waals surface area (Å²) in [7, 11) is -1.36. The van der Waals surface area contributed by atoms with Crippen molar-refractivity contribution >= 4 is 34.2 Å². The van der Waals surface area contributed by atoms with Crippen molar-refractivity contribution in [1.82, 2.24) is 0 Å². The molecule has 0 spiro atoms. The van der Waals surface area contributed by atoms with Gasteiger partial charge in [-0.2, -0.15) is 0 Å². The fourth-order valence-electron chi connectivity index (χ4n) is 3.21. The van der Waals surface area contributed by atoms with Crippen molar-refractivity contribution in [1.29, 1.82) is 0 Å². The fourth-order valence-corrected chi connectivity index (χ4v) is 9.33. The van der Waals surface area contributed by atoms with Gasteiger partial charge in [0.25, 0.3) is 0 Å². The van der Waals surface area contributed by atoms with Crippen molar-refractivity contribution in [3.8, 4) is 22.3 Å². The molecule has 3 heteroatoms. The van der Waals surface area contributed by atoms with E-state index in [1.165, 1.54) is 30.4 Å². The van der Waals surface area contributed by atoms with Gasteiger partial charge < -0.3 is 0 Å². The third-order valence-corrected chi connectivity index (χ3v) is 13.5. The lowest BCUT2D eigenvalue weighted by atomic mass is 9.98. The van der Waals surface area contributed by atoms with Gasteiger partial charge in [-0.3, -0.25) is 0 Å². The van der Waals surface area contributed by atoms with Crippen molar-refractivity contribution in [3.05, 3.63) is 66.7 Å². The van der Waals surface area contributed by atoms with E-state index in [1.54, 1.807) is 9.84 Å². The number of benzene rings is 2. The molecule has 3 aromatic rings. The molecule has 0 fully saturated rings. The molecule has 0 atom stereocenters. The van der Waals surface area contributed by atoms with Gasteiger partial charge >= 0.3 is 0 Å². The van der Waals surface area contributed by atoms with E-state index in [0.717, 1.165) is 0 Å². The number of hydrogen-bond acceptors (Lipinski definition) is 0. The molecule has 1 aromatic heterocycles. The number of hydrogen-bond donors (Lipinski definition) is 0. The molecule has 0 bridgehead atoms. The quantitative estimate of drug-likeness (QED) is 0.434. The zero-order valence-corrected chi connectivity index (χ0v) is 19.7. The second-order valence-electron chi connectivity index (χ2n) is 9.01. The van der Waals surface area contributed by atoms with Gasteiger partial charge in [0.05, 0.1) is 16.1 Å². The Labute approximate surface area is 162 Å². The van der Waals surface area contributed by atoms with E-state index in [0.29, 0.717) is 0 Å². The van der Waals surface area contributed by atoms with Crippen LogP contribution in [0.15, 0.2) is 66.7 Å². The Morgan fingerprint density at radius 1 is 0.615 bits per heavy atom. The summed E-state index contributed by atoms with van der Waals surface area (Å²) < 4.78 is 0. The normalized spacial score (nSPS) is 12.5. The van der Waals surface area contributed by atoms with Gasteiger partial charge in [-0.1, -0.05) is 114 Å². The third-order valence-electron chi connectivity index (χ3n) is 4.65. The highest BCUT2D eigenvalue weighted by Crippen LogP contribution is 2.35. The van der Waals surface area contributed by atoms with Crippen LogP contribution in [0.1, 0.15) is 0 Å². The maximum Gasteiger partial charge on any atom is 0.0843 e. The zero-order chi connectivity index (χ0) is 18.9. The van der Waals surface area contributed by atoms with Crippen molar-refractivity contribution in [3.63, 3.8) is 0 Å². The first-order valence-electron chi connectivity index (χ1n) is 9.35. The van der Waals surface area contributed by atoms with Crippen LogP contribution in [0.4, 0.5) is 0 Å². The van der Waals surface area contributed by atoms with Gasteiger partial charge in [0.1, 0.15) is 0 Å². The third kappa shape index (κ3) is 4.09. The maximum absolute atomic E-state index is 2.52. The molecule has 0 saturated carbocycles. The summed E-state index contributed by atoms with van der Waals surface area (Å²) in [5.41, 5.74) is 5.61. The Morgan fingerprint density at radius 3 is 1.58 bits per heavy atom. The van der Waals surface area contributed by atoms with Gasteiger partial charge in [-0.05, 0) is 32.1 Å².